The number of sulfonamides is 1. The number of para-hydroxylation sites is 1. The number of nitrogens with zero attached hydrogens (tertiary/aromatic N) is 3. The van der Waals surface area contributed by atoms with Crippen molar-refractivity contribution in [2.75, 3.05) is 10.8 Å². The Morgan fingerprint density at radius 1 is 1.29 bits per heavy atom. The smallest absolute Gasteiger partial charge is 0.281 e. The third-order valence-electron chi connectivity index (χ3n) is 3.67. The van der Waals surface area contributed by atoms with Crippen LogP contribution in [0.5, 0.6) is 0 Å². The number of anilines is 1. The summed E-state index contributed by atoms with van der Waals surface area (Å²) in [4.78, 5) is 0. The van der Waals surface area contributed by atoms with E-state index in [-0.39, 0.29) is 11.1 Å². The monoisotopic (exact) mass is 306 g/mol. The molecule has 0 fully saturated rings. The van der Waals surface area contributed by atoms with E-state index in [9.17, 15) is 8.42 Å². The first kappa shape index (κ1) is 14.1. The van der Waals surface area contributed by atoms with Crippen LogP contribution in [0.3, 0.4) is 0 Å². The molecule has 1 N–H and O–H groups in total. The van der Waals surface area contributed by atoms with Gasteiger partial charge in [-0.2, -0.15) is 13.5 Å². The van der Waals surface area contributed by atoms with Gasteiger partial charge in [0.1, 0.15) is 0 Å². The second-order valence-corrected chi connectivity index (χ2v) is 7.05. The quantitative estimate of drug-likeness (QED) is 0.902. The minimum absolute atomic E-state index is 0.0698. The van der Waals surface area contributed by atoms with Crippen LogP contribution in [0, 0.1) is 0 Å². The second-order valence-electron chi connectivity index (χ2n) is 5.24. The maximum absolute atomic E-state index is 13.0. The molecule has 1 aromatic heterocycles. The molecule has 0 aliphatic carbocycles. The van der Waals surface area contributed by atoms with Gasteiger partial charge in [-0.15, -0.1) is 0 Å². The molecular formula is C14H18N4O2S. The van der Waals surface area contributed by atoms with Crippen LogP contribution in [0.1, 0.15) is 12.5 Å². The Kier molecular flexibility index (Phi) is 3.46. The number of fused-ring (bicyclic) bond motifs is 1. The van der Waals surface area contributed by atoms with Gasteiger partial charge in [0.25, 0.3) is 10.0 Å². The van der Waals surface area contributed by atoms with Gasteiger partial charge in [-0.05, 0) is 24.6 Å². The van der Waals surface area contributed by atoms with Gasteiger partial charge in [0.2, 0.25) is 0 Å². The minimum atomic E-state index is -3.63. The number of nitrogens with one attached hydrogen (secondary N) is 1. The van der Waals surface area contributed by atoms with E-state index in [2.05, 4.69) is 10.4 Å². The largest absolute Gasteiger partial charge is 0.308 e. The van der Waals surface area contributed by atoms with E-state index in [1.54, 1.807) is 7.05 Å². The molecule has 0 spiro atoms. The van der Waals surface area contributed by atoms with Crippen LogP contribution >= 0.6 is 0 Å². The molecule has 3 rings (SSSR count). The Morgan fingerprint density at radius 2 is 2.05 bits per heavy atom. The average molecular weight is 306 g/mol. The third-order valence-corrected chi connectivity index (χ3v) is 5.53. The minimum Gasteiger partial charge on any atom is -0.308 e. The standard InChI is InChI=1S/C14H18N4O2S/c1-11-10-18(13-6-4-3-5-12(13)9-15-11)21(19,20)14-7-8-16-17(14)2/h3-8,11,15H,9-10H2,1-2H3. The average Bonchev–Trinajstić information content (AvgIpc) is 2.81. The first-order valence-electron chi connectivity index (χ1n) is 6.82. The number of benzene rings is 1. The maximum Gasteiger partial charge on any atom is 0.281 e. The van der Waals surface area contributed by atoms with Crippen LogP contribution in [-0.4, -0.2) is 30.8 Å². The molecule has 0 bridgehead atoms. The first-order chi connectivity index (χ1) is 10.00. The summed E-state index contributed by atoms with van der Waals surface area (Å²) in [5, 5.41) is 7.51. The molecule has 1 aliphatic heterocycles. The predicted octanol–water partition coefficient (Wildman–Crippen LogP) is 1.11. The van der Waals surface area contributed by atoms with Gasteiger partial charge >= 0.3 is 0 Å². The summed E-state index contributed by atoms with van der Waals surface area (Å²) in [7, 11) is -1.99. The van der Waals surface area contributed by atoms with Crippen molar-refractivity contribution in [3.8, 4) is 0 Å². The van der Waals surface area contributed by atoms with Crippen LogP contribution in [0.15, 0.2) is 41.6 Å². The topological polar surface area (TPSA) is 67.2 Å². The fourth-order valence-corrected chi connectivity index (χ4v) is 4.25. The van der Waals surface area contributed by atoms with E-state index in [1.165, 1.54) is 21.3 Å². The van der Waals surface area contributed by atoms with E-state index in [1.807, 2.05) is 31.2 Å². The number of rotatable bonds is 2. The predicted molar refractivity (Wildman–Crippen MR) is 80.5 cm³/mol. The van der Waals surface area contributed by atoms with Crippen molar-refractivity contribution in [2.45, 2.75) is 24.5 Å². The molecule has 1 unspecified atom stereocenters. The Balaban J connectivity index is 2.14. The van der Waals surface area contributed by atoms with Crippen molar-refractivity contribution in [1.29, 1.82) is 0 Å². The van der Waals surface area contributed by atoms with E-state index in [4.69, 9.17) is 0 Å². The number of aryl methyl sites for hydroxylation is 1. The van der Waals surface area contributed by atoms with E-state index in [0.717, 1.165) is 11.3 Å². The maximum atomic E-state index is 13.0. The van der Waals surface area contributed by atoms with Crippen LogP contribution in [-0.2, 0) is 23.6 Å². The zero-order valence-electron chi connectivity index (χ0n) is 12.0. The number of aromatic nitrogens is 2. The first-order valence-corrected chi connectivity index (χ1v) is 8.26. The molecule has 2 aromatic rings. The number of hydrogen-bond donors (Lipinski definition) is 1. The van der Waals surface area contributed by atoms with Gasteiger partial charge in [0.15, 0.2) is 5.03 Å². The Labute approximate surface area is 124 Å². The zero-order chi connectivity index (χ0) is 15.0. The Hall–Kier alpha value is -1.86. The molecule has 6 nitrogen and oxygen atoms in total. The molecule has 21 heavy (non-hydrogen) atoms. The van der Waals surface area contributed by atoms with Crippen LogP contribution in [0.2, 0.25) is 0 Å². The highest BCUT2D eigenvalue weighted by Gasteiger charge is 2.31. The molecule has 112 valence electrons. The molecular weight excluding hydrogens is 288 g/mol. The van der Waals surface area contributed by atoms with Crippen molar-refractivity contribution in [3.63, 3.8) is 0 Å². The lowest BCUT2D eigenvalue weighted by molar-refractivity contribution is 0.548. The fourth-order valence-electron chi connectivity index (χ4n) is 2.55. The molecule has 1 aliphatic rings. The van der Waals surface area contributed by atoms with Gasteiger partial charge in [-0.1, -0.05) is 18.2 Å². The molecule has 0 saturated carbocycles. The third kappa shape index (κ3) is 2.43. The summed E-state index contributed by atoms with van der Waals surface area (Å²) >= 11 is 0. The lowest BCUT2D eigenvalue weighted by Gasteiger charge is -2.25. The van der Waals surface area contributed by atoms with Crippen LogP contribution < -0.4 is 9.62 Å². The highest BCUT2D eigenvalue weighted by Crippen LogP contribution is 2.28. The molecule has 1 aromatic carbocycles. The molecule has 0 radical (unpaired) electrons. The highest BCUT2D eigenvalue weighted by molar-refractivity contribution is 7.92. The second kappa shape index (κ2) is 5.16. The van der Waals surface area contributed by atoms with Crippen molar-refractivity contribution in [1.82, 2.24) is 15.1 Å². The van der Waals surface area contributed by atoms with Gasteiger partial charge in [0, 0.05) is 26.2 Å². The lowest BCUT2D eigenvalue weighted by Crippen LogP contribution is -2.40. The van der Waals surface area contributed by atoms with Gasteiger partial charge < -0.3 is 5.32 Å². The summed E-state index contributed by atoms with van der Waals surface area (Å²) in [6.07, 6.45) is 1.50. The summed E-state index contributed by atoms with van der Waals surface area (Å²) in [5.74, 6) is 0. The van der Waals surface area contributed by atoms with Gasteiger partial charge in [-0.3, -0.25) is 8.99 Å². The Bertz CT molecular complexity index is 754. The molecule has 0 saturated heterocycles. The highest BCUT2D eigenvalue weighted by atomic mass is 32.2. The normalized spacial score (nSPS) is 19.1. The summed E-state index contributed by atoms with van der Waals surface area (Å²) < 4.78 is 28.8. The number of hydrogen-bond acceptors (Lipinski definition) is 4. The molecule has 0 amide bonds. The fraction of sp³-hybridized carbons (Fsp3) is 0.357. The van der Waals surface area contributed by atoms with E-state index < -0.39 is 10.0 Å². The van der Waals surface area contributed by atoms with Crippen LogP contribution in [0.25, 0.3) is 0 Å². The summed E-state index contributed by atoms with van der Waals surface area (Å²) in [6, 6.07) is 9.18. The van der Waals surface area contributed by atoms with Gasteiger partial charge in [0.05, 0.1) is 11.9 Å². The molecule has 2 heterocycles. The van der Waals surface area contributed by atoms with Crippen molar-refractivity contribution in [2.24, 2.45) is 7.05 Å². The summed E-state index contributed by atoms with van der Waals surface area (Å²) in [6.45, 7) is 3.04. The van der Waals surface area contributed by atoms with E-state index in [0.29, 0.717) is 13.1 Å². The SMILES string of the molecule is CC1CN(S(=O)(=O)c2ccnn2C)c2ccccc2CN1. The lowest BCUT2D eigenvalue weighted by atomic mass is 10.2. The Morgan fingerprint density at radius 3 is 2.76 bits per heavy atom. The molecule has 7 heteroatoms. The zero-order valence-corrected chi connectivity index (χ0v) is 12.8. The van der Waals surface area contributed by atoms with Crippen molar-refractivity contribution >= 4 is 15.7 Å². The van der Waals surface area contributed by atoms with Crippen molar-refractivity contribution < 1.29 is 8.42 Å². The van der Waals surface area contributed by atoms with Gasteiger partial charge in [-0.25, -0.2) is 0 Å². The summed E-state index contributed by atoms with van der Waals surface area (Å²) in [5.41, 5.74) is 1.71. The van der Waals surface area contributed by atoms with E-state index >= 15 is 0 Å². The van der Waals surface area contributed by atoms with Crippen molar-refractivity contribution in [3.05, 3.63) is 42.1 Å². The molecule has 1 atom stereocenters. The van der Waals surface area contributed by atoms with Crippen LogP contribution in [0.4, 0.5) is 5.69 Å².